The maximum atomic E-state index is 6.12. The Morgan fingerprint density at radius 1 is 1.35 bits per heavy atom. The Labute approximate surface area is 128 Å². The highest BCUT2D eigenvalue weighted by Crippen LogP contribution is 2.31. The number of halogens is 1. The van der Waals surface area contributed by atoms with Crippen molar-refractivity contribution in [3.8, 4) is 5.75 Å². The minimum Gasteiger partial charge on any atom is -0.496 e. The SMILES string of the molecule is CNCc1ccc(OC)c(CSc2ncccc2Cl)c1. The van der Waals surface area contributed by atoms with Gasteiger partial charge in [-0.1, -0.05) is 17.7 Å². The average Bonchev–Trinajstić information content (AvgIpc) is 2.47. The second-order valence-corrected chi connectivity index (χ2v) is 5.63. The van der Waals surface area contributed by atoms with Crippen molar-refractivity contribution in [2.75, 3.05) is 14.2 Å². The molecule has 1 aromatic heterocycles. The van der Waals surface area contributed by atoms with Crippen molar-refractivity contribution in [3.05, 3.63) is 52.7 Å². The third kappa shape index (κ3) is 3.88. The maximum absolute atomic E-state index is 6.12. The molecule has 3 nitrogen and oxygen atoms in total. The van der Waals surface area contributed by atoms with Crippen LogP contribution in [0.25, 0.3) is 0 Å². The van der Waals surface area contributed by atoms with Gasteiger partial charge in [-0.05, 0) is 36.9 Å². The van der Waals surface area contributed by atoms with Crippen molar-refractivity contribution >= 4 is 23.4 Å². The highest BCUT2D eigenvalue weighted by atomic mass is 35.5. The quantitative estimate of drug-likeness (QED) is 0.824. The molecule has 0 saturated carbocycles. The number of thioether (sulfide) groups is 1. The number of hydrogen-bond acceptors (Lipinski definition) is 4. The number of ether oxygens (including phenoxy) is 1. The third-order valence-electron chi connectivity index (χ3n) is 2.81. The van der Waals surface area contributed by atoms with E-state index in [9.17, 15) is 0 Å². The molecule has 0 unspecified atom stereocenters. The fourth-order valence-electron chi connectivity index (χ4n) is 1.88. The minimum atomic E-state index is 0.683. The molecule has 0 amide bonds. The molecule has 1 N–H and O–H groups in total. The van der Waals surface area contributed by atoms with Crippen LogP contribution in [0, 0.1) is 0 Å². The topological polar surface area (TPSA) is 34.1 Å². The Bertz CT molecular complexity index is 578. The summed E-state index contributed by atoms with van der Waals surface area (Å²) in [4.78, 5) is 4.29. The van der Waals surface area contributed by atoms with E-state index >= 15 is 0 Å². The van der Waals surface area contributed by atoms with Gasteiger partial charge in [0.1, 0.15) is 10.8 Å². The van der Waals surface area contributed by atoms with E-state index in [1.165, 1.54) is 5.56 Å². The van der Waals surface area contributed by atoms with Gasteiger partial charge in [-0.3, -0.25) is 0 Å². The van der Waals surface area contributed by atoms with Crippen molar-refractivity contribution in [2.45, 2.75) is 17.3 Å². The zero-order valence-corrected chi connectivity index (χ0v) is 13.1. The molecule has 1 heterocycles. The number of hydrogen-bond donors (Lipinski definition) is 1. The standard InChI is InChI=1S/C15H17ClN2OS/c1-17-9-11-5-6-14(19-2)12(8-11)10-20-15-13(16)4-3-7-18-15/h3-8,17H,9-10H2,1-2H3. The summed E-state index contributed by atoms with van der Waals surface area (Å²) in [5.74, 6) is 1.67. The molecule has 2 rings (SSSR count). The average molecular weight is 309 g/mol. The number of nitrogens with one attached hydrogen (secondary N) is 1. The van der Waals surface area contributed by atoms with E-state index < -0.39 is 0 Å². The van der Waals surface area contributed by atoms with Gasteiger partial charge in [0.25, 0.3) is 0 Å². The minimum absolute atomic E-state index is 0.683. The second-order valence-electron chi connectivity index (χ2n) is 4.26. The van der Waals surface area contributed by atoms with E-state index in [2.05, 4.69) is 22.4 Å². The summed E-state index contributed by atoms with van der Waals surface area (Å²) in [6.45, 7) is 0.839. The van der Waals surface area contributed by atoms with E-state index in [0.717, 1.165) is 28.6 Å². The number of benzene rings is 1. The van der Waals surface area contributed by atoms with Gasteiger partial charge in [0.2, 0.25) is 0 Å². The molecule has 0 fully saturated rings. The molecule has 5 heteroatoms. The summed E-state index contributed by atoms with van der Waals surface area (Å²) < 4.78 is 5.41. The van der Waals surface area contributed by atoms with Crippen LogP contribution in [0.2, 0.25) is 5.02 Å². The molecule has 106 valence electrons. The Morgan fingerprint density at radius 3 is 2.90 bits per heavy atom. The molecule has 0 radical (unpaired) electrons. The molecule has 0 aliphatic carbocycles. The van der Waals surface area contributed by atoms with Gasteiger partial charge in [-0.15, -0.1) is 11.8 Å². The summed E-state index contributed by atoms with van der Waals surface area (Å²) >= 11 is 7.73. The van der Waals surface area contributed by atoms with Crippen molar-refractivity contribution in [3.63, 3.8) is 0 Å². The van der Waals surface area contributed by atoms with Gasteiger partial charge in [0.15, 0.2) is 0 Å². The summed E-state index contributed by atoms with van der Waals surface area (Å²) in [6, 6.07) is 9.91. The van der Waals surface area contributed by atoms with Crippen LogP contribution in [0.3, 0.4) is 0 Å². The van der Waals surface area contributed by atoms with Gasteiger partial charge >= 0.3 is 0 Å². The summed E-state index contributed by atoms with van der Waals surface area (Å²) in [5, 5.41) is 4.68. The van der Waals surface area contributed by atoms with Gasteiger partial charge in [0, 0.05) is 24.1 Å². The second kappa shape index (κ2) is 7.53. The summed E-state index contributed by atoms with van der Waals surface area (Å²) in [5.41, 5.74) is 2.38. The molecule has 0 spiro atoms. The lowest BCUT2D eigenvalue weighted by molar-refractivity contribution is 0.411. The number of rotatable bonds is 6. The first-order valence-corrected chi connectivity index (χ1v) is 7.64. The van der Waals surface area contributed by atoms with Crippen LogP contribution in [-0.2, 0) is 12.3 Å². The lowest BCUT2D eigenvalue weighted by Gasteiger charge is -2.11. The number of aromatic nitrogens is 1. The predicted octanol–water partition coefficient (Wildman–Crippen LogP) is 3.76. The first kappa shape index (κ1) is 15.2. The number of pyridine rings is 1. The van der Waals surface area contributed by atoms with Gasteiger partial charge in [-0.25, -0.2) is 4.98 Å². The number of nitrogens with zero attached hydrogens (tertiary/aromatic N) is 1. The Morgan fingerprint density at radius 2 is 2.20 bits per heavy atom. The van der Waals surface area contributed by atoms with Crippen LogP contribution in [0.15, 0.2) is 41.6 Å². The van der Waals surface area contributed by atoms with E-state index in [1.54, 1.807) is 25.1 Å². The van der Waals surface area contributed by atoms with Gasteiger partial charge in [0.05, 0.1) is 12.1 Å². The van der Waals surface area contributed by atoms with E-state index in [1.807, 2.05) is 25.2 Å². The molecular formula is C15H17ClN2OS. The Kier molecular flexibility index (Phi) is 5.71. The van der Waals surface area contributed by atoms with Gasteiger partial charge < -0.3 is 10.1 Å². The number of methoxy groups -OCH3 is 1. The molecule has 0 aliphatic rings. The Balaban J connectivity index is 2.15. The first-order chi connectivity index (χ1) is 9.74. The predicted molar refractivity (Wildman–Crippen MR) is 84.6 cm³/mol. The van der Waals surface area contributed by atoms with Crippen LogP contribution < -0.4 is 10.1 Å². The zero-order valence-electron chi connectivity index (χ0n) is 11.5. The molecule has 0 saturated heterocycles. The molecule has 1 aromatic carbocycles. The van der Waals surface area contributed by atoms with E-state index in [-0.39, 0.29) is 0 Å². The summed E-state index contributed by atoms with van der Waals surface area (Å²) in [6.07, 6.45) is 1.75. The van der Waals surface area contributed by atoms with Crippen LogP contribution in [0.4, 0.5) is 0 Å². The van der Waals surface area contributed by atoms with Crippen molar-refractivity contribution in [1.29, 1.82) is 0 Å². The van der Waals surface area contributed by atoms with Crippen LogP contribution in [-0.4, -0.2) is 19.1 Å². The smallest absolute Gasteiger partial charge is 0.122 e. The lowest BCUT2D eigenvalue weighted by Crippen LogP contribution is -2.05. The van der Waals surface area contributed by atoms with Crippen LogP contribution in [0.5, 0.6) is 5.75 Å². The van der Waals surface area contributed by atoms with Gasteiger partial charge in [-0.2, -0.15) is 0 Å². The molecule has 0 atom stereocenters. The normalized spacial score (nSPS) is 10.6. The zero-order chi connectivity index (χ0) is 14.4. The summed E-state index contributed by atoms with van der Waals surface area (Å²) in [7, 11) is 3.63. The van der Waals surface area contributed by atoms with Crippen LogP contribution in [0.1, 0.15) is 11.1 Å². The fraction of sp³-hybridized carbons (Fsp3) is 0.267. The largest absolute Gasteiger partial charge is 0.496 e. The van der Waals surface area contributed by atoms with Crippen molar-refractivity contribution in [1.82, 2.24) is 10.3 Å². The molecular weight excluding hydrogens is 292 g/mol. The maximum Gasteiger partial charge on any atom is 0.122 e. The van der Waals surface area contributed by atoms with Crippen LogP contribution >= 0.6 is 23.4 Å². The fourth-order valence-corrected chi connectivity index (χ4v) is 3.03. The monoisotopic (exact) mass is 308 g/mol. The lowest BCUT2D eigenvalue weighted by atomic mass is 10.1. The Hall–Kier alpha value is -1.23. The van der Waals surface area contributed by atoms with Crippen molar-refractivity contribution < 1.29 is 4.74 Å². The van der Waals surface area contributed by atoms with E-state index in [4.69, 9.17) is 16.3 Å². The first-order valence-electron chi connectivity index (χ1n) is 6.28. The molecule has 0 aliphatic heterocycles. The highest BCUT2D eigenvalue weighted by Gasteiger charge is 2.07. The van der Waals surface area contributed by atoms with E-state index in [0.29, 0.717) is 5.02 Å². The molecule has 0 bridgehead atoms. The molecule has 20 heavy (non-hydrogen) atoms. The highest BCUT2D eigenvalue weighted by molar-refractivity contribution is 7.98. The van der Waals surface area contributed by atoms with Crippen molar-refractivity contribution in [2.24, 2.45) is 0 Å². The third-order valence-corrected chi connectivity index (χ3v) is 4.29. The molecule has 2 aromatic rings.